The summed E-state index contributed by atoms with van der Waals surface area (Å²) >= 11 is 3.81. The Hall–Kier alpha value is -7.90. The van der Waals surface area contributed by atoms with E-state index < -0.39 is 0 Å². The summed E-state index contributed by atoms with van der Waals surface area (Å²) in [6.45, 7) is 0. The van der Waals surface area contributed by atoms with Gasteiger partial charge in [0.05, 0.1) is 0 Å². The van der Waals surface area contributed by atoms with Crippen molar-refractivity contribution in [3.63, 3.8) is 0 Å². The molecule has 66 heavy (non-hydrogen) atoms. The molecule has 0 aliphatic rings. The molecule has 4 aromatic heterocycles. The van der Waals surface area contributed by atoms with E-state index in [9.17, 15) is 0 Å². The third kappa shape index (κ3) is 5.49. The number of fused-ring (bicyclic) bond motifs is 15. The second-order valence-corrected chi connectivity index (χ2v) is 19.5. The van der Waals surface area contributed by atoms with Gasteiger partial charge in [0.2, 0.25) is 0 Å². The maximum Gasteiger partial charge on any atom is 0.0490 e. The molecule has 0 spiro atoms. The van der Waals surface area contributed by atoms with E-state index in [1.165, 1.54) is 94.7 Å². The van der Waals surface area contributed by atoms with Gasteiger partial charge in [-0.25, -0.2) is 0 Å². The van der Waals surface area contributed by atoms with Crippen LogP contribution in [0.3, 0.4) is 0 Å². The zero-order valence-corrected chi connectivity index (χ0v) is 37.9. The summed E-state index contributed by atoms with van der Waals surface area (Å²) < 4.78 is 9.83. The van der Waals surface area contributed by atoms with Gasteiger partial charge in [-0.05, 0) is 97.1 Å². The van der Waals surface area contributed by atoms with E-state index in [-0.39, 0.29) is 0 Å². The van der Waals surface area contributed by atoms with E-state index in [1.54, 1.807) is 0 Å². The fraction of sp³-hybridized carbons (Fsp3) is 0.0333. The number of anilines is 6. The molecule has 0 saturated carbocycles. The predicted octanol–water partition coefficient (Wildman–Crippen LogP) is 17.8. The lowest BCUT2D eigenvalue weighted by molar-refractivity contribution is 1.01. The van der Waals surface area contributed by atoms with Gasteiger partial charge < -0.3 is 18.9 Å². The van der Waals surface area contributed by atoms with Crippen LogP contribution in [0.5, 0.6) is 0 Å². The van der Waals surface area contributed by atoms with Crippen molar-refractivity contribution in [2.24, 2.45) is 14.1 Å². The molecule has 14 rings (SSSR count). The lowest BCUT2D eigenvalue weighted by Gasteiger charge is -2.25. The van der Waals surface area contributed by atoms with Crippen molar-refractivity contribution in [2.75, 3.05) is 9.80 Å². The van der Waals surface area contributed by atoms with Crippen LogP contribution in [0.1, 0.15) is 0 Å². The highest BCUT2D eigenvalue weighted by atomic mass is 32.1. The standard InChI is InChI=1S/C60H40N4S2/c1-61-53-19-11-9-17-43(53)51-33-39(23-31-55(51)61)63(37-13-5-3-6-14-37)41-21-25-45-47-27-29-50-49(59(47)65-57(45)35-41)30-28-48-46-26-22-42(36-58(46)66-60(48)50)64(38-15-7-4-8-16-38)40-24-32-56-52(34-40)44-18-10-12-20-54(44)62(56)2/h3-36H,1-2H3. The number of aryl methyl sites for hydroxylation is 2. The van der Waals surface area contributed by atoms with Crippen LogP contribution < -0.4 is 9.80 Å². The monoisotopic (exact) mass is 880 g/mol. The van der Waals surface area contributed by atoms with Gasteiger partial charge in [-0.3, -0.25) is 0 Å². The third-order valence-electron chi connectivity index (χ3n) is 13.9. The van der Waals surface area contributed by atoms with Crippen LogP contribution in [0.4, 0.5) is 34.1 Å². The number of hydrogen-bond donors (Lipinski definition) is 0. The molecule has 0 atom stereocenters. The van der Waals surface area contributed by atoms with Gasteiger partial charge in [-0.1, -0.05) is 109 Å². The summed E-state index contributed by atoms with van der Waals surface area (Å²) in [5.74, 6) is 0. The van der Waals surface area contributed by atoms with Gasteiger partial charge in [-0.2, -0.15) is 0 Å². The zero-order valence-electron chi connectivity index (χ0n) is 36.2. The Morgan fingerprint density at radius 2 is 0.606 bits per heavy atom. The summed E-state index contributed by atoms with van der Waals surface area (Å²) in [6.07, 6.45) is 0. The minimum atomic E-state index is 1.14. The highest BCUT2D eigenvalue weighted by Gasteiger charge is 2.21. The molecule has 0 aliphatic heterocycles. The van der Waals surface area contributed by atoms with Gasteiger partial charge >= 0.3 is 0 Å². The average molecular weight is 881 g/mol. The normalized spacial score (nSPS) is 12.1. The molecule has 312 valence electrons. The average Bonchev–Trinajstić information content (AvgIpc) is 4.10. The minimum Gasteiger partial charge on any atom is -0.344 e. The Bertz CT molecular complexity index is 3990. The Kier molecular flexibility index (Phi) is 8.12. The number of nitrogens with zero attached hydrogens (tertiary/aromatic N) is 4. The molecule has 10 aromatic carbocycles. The van der Waals surface area contributed by atoms with Crippen molar-refractivity contribution in [3.8, 4) is 0 Å². The van der Waals surface area contributed by atoms with Crippen LogP contribution in [-0.4, -0.2) is 9.13 Å². The molecule has 6 heteroatoms. The molecule has 0 aliphatic carbocycles. The molecule has 4 heterocycles. The first-order valence-corrected chi connectivity index (χ1v) is 24.1. The Morgan fingerprint density at radius 3 is 1.05 bits per heavy atom. The highest BCUT2D eigenvalue weighted by Crippen LogP contribution is 2.48. The van der Waals surface area contributed by atoms with E-state index in [4.69, 9.17) is 0 Å². The molecule has 0 unspecified atom stereocenters. The number of thiophene rings is 2. The summed E-state index contributed by atoms with van der Waals surface area (Å²) in [7, 11) is 4.32. The second kappa shape index (κ2) is 14.3. The number of aromatic nitrogens is 2. The van der Waals surface area contributed by atoms with Crippen LogP contribution in [0.25, 0.3) is 94.7 Å². The number of para-hydroxylation sites is 4. The van der Waals surface area contributed by atoms with Gasteiger partial charge in [0.25, 0.3) is 0 Å². The molecule has 0 bridgehead atoms. The van der Waals surface area contributed by atoms with E-state index in [1.807, 2.05) is 22.7 Å². The van der Waals surface area contributed by atoms with E-state index >= 15 is 0 Å². The number of benzene rings is 10. The molecule has 0 radical (unpaired) electrons. The van der Waals surface area contributed by atoms with Crippen molar-refractivity contribution >= 4 is 152 Å². The van der Waals surface area contributed by atoms with Crippen molar-refractivity contribution in [1.82, 2.24) is 9.13 Å². The predicted molar refractivity (Wildman–Crippen MR) is 287 cm³/mol. The van der Waals surface area contributed by atoms with E-state index in [0.29, 0.717) is 0 Å². The number of hydrogen-bond acceptors (Lipinski definition) is 4. The number of rotatable bonds is 6. The Morgan fingerprint density at radius 1 is 0.273 bits per heavy atom. The van der Waals surface area contributed by atoms with Gasteiger partial charge in [-0.15, -0.1) is 22.7 Å². The van der Waals surface area contributed by atoms with Crippen LogP contribution in [-0.2, 0) is 14.1 Å². The first-order chi connectivity index (χ1) is 32.6. The van der Waals surface area contributed by atoms with Crippen LogP contribution in [0.2, 0.25) is 0 Å². The van der Waals surface area contributed by atoms with Gasteiger partial charge in [0, 0.05) is 143 Å². The smallest absolute Gasteiger partial charge is 0.0490 e. The van der Waals surface area contributed by atoms with Crippen LogP contribution in [0.15, 0.2) is 206 Å². The molecular weight excluding hydrogens is 841 g/mol. The van der Waals surface area contributed by atoms with E-state index in [2.05, 4.69) is 239 Å². The topological polar surface area (TPSA) is 16.3 Å². The largest absolute Gasteiger partial charge is 0.344 e. The minimum absolute atomic E-state index is 1.14. The van der Waals surface area contributed by atoms with Crippen LogP contribution >= 0.6 is 22.7 Å². The summed E-state index contributed by atoms with van der Waals surface area (Å²) in [6, 6.07) is 76.2. The van der Waals surface area contributed by atoms with Crippen molar-refractivity contribution in [1.29, 1.82) is 0 Å². The third-order valence-corrected chi connectivity index (χ3v) is 16.3. The summed E-state index contributed by atoms with van der Waals surface area (Å²) in [5.41, 5.74) is 11.8. The fourth-order valence-corrected chi connectivity index (χ4v) is 13.3. The molecule has 14 aromatic rings. The molecule has 4 nitrogen and oxygen atoms in total. The second-order valence-electron chi connectivity index (χ2n) is 17.4. The molecule has 0 N–H and O–H groups in total. The fourth-order valence-electron chi connectivity index (χ4n) is 10.8. The Labute approximate surface area is 388 Å². The maximum absolute atomic E-state index is 2.40. The van der Waals surface area contributed by atoms with Gasteiger partial charge in [0.1, 0.15) is 0 Å². The maximum atomic E-state index is 2.40. The Balaban J connectivity index is 0.891. The lowest BCUT2D eigenvalue weighted by Crippen LogP contribution is -2.09. The van der Waals surface area contributed by atoms with Gasteiger partial charge in [0.15, 0.2) is 0 Å². The first-order valence-electron chi connectivity index (χ1n) is 22.4. The lowest BCUT2D eigenvalue weighted by atomic mass is 10.0. The molecule has 0 amide bonds. The SMILES string of the molecule is Cn1c2ccccc2c2cc(N(c3ccccc3)c3ccc4c(c3)sc3c4ccc4c3ccc3c5ccc(N(c6ccccc6)c6ccc7c(c6)c6ccccc6n7C)cc5sc34)ccc21. The zero-order chi connectivity index (χ0) is 43.6. The van der Waals surface area contributed by atoms with Crippen molar-refractivity contribution < 1.29 is 0 Å². The quantitative estimate of drug-likeness (QED) is 0.165. The molecule has 0 saturated heterocycles. The van der Waals surface area contributed by atoms with Crippen molar-refractivity contribution in [3.05, 3.63) is 206 Å². The highest BCUT2D eigenvalue weighted by molar-refractivity contribution is 7.28. The molecular formula is C60H40N4S2. The van der Waals surface area contributed by atoms with Crippen molar-refractivity contribution in [2.45, 2.75) is 0 Å². The van der Waals surface area contributed by atoms with E-state index in [0.717, 1.165) is 34.1 Å². The first kappa shape index (κ1) is 37.5. The van der Waals surface area contributed by atoms with Crippen LogP contribution in [0, 0.1) is 0 Å². The molecule has 0 fully saturated rings. The summed E-state index contributed by atoms with van der Waals surface area (Å²) in [4.78, 5) is 4.80. The summed E-state index contributed by atoms with van der Waals surface area (Å²) in [5, 5.41) is 12.9.